The average Bonchev–Trinajstić information content (AvgIpc) is 3.24. The van der Waals surface area contributed by atoms with Gasteiger partial charge in [0.2, 0.25) is 0 Å². The van der Waals surface area contributed by atoms with Crippen LogP contribution in [0.3, 0.4) is 0 Å². The molecule has 3 N–H and O–H groups in total. The summed E-state index contributed by atoms with van der Waals surface area (Å²) in [7, 11) is 0. The van der Waals surface area contributed by atoms with Crippen molar-refractivity contribution in [1.82, 2.24) is 0 Å². The van der Waals surface area contributed by atoms with E-state index in [1.54, 1.807) is 11.1 Å². The third kappa shape index (κ3) is 13.2. The molecule has 220 valence electrons. The number of carbonyl (C=O) groups is 3. The number of hydrogen-bond donors (Lipinski definition) is 3. The number of hydrogen-bond acceptors (Lipinski definition) is 3. The maximum Gasteiger partial charge on any atom is 0.306 e. The molecule has 0 aromatic carbocycles. The van der Waals surface area contributed by atoms with Gasteiger partial charge >= 0.3 is 17.9 Å². The molecule has 0 amide bonds. The number of carboxylic acid groups (broad SMARTS) is 3. The zero-order chi connectivity index (χ0) is 27.9. The minimum atomic E-state index is -0.602. The van der Waals surface area contributed by atoms with E-state index in [4.69, 9.17) is 15.3 Å². The van der Waals surface area contributed by atoms with Crippen LogP contribution in [0.1, 0.15) is 136 Å². The summed E-state index contributed by atoms with van der Waals surface area (Å²) in [6, 6.07) is 0. The topological polar surface area (TPSA) is 112 Å². The van der Waals surface area contributed by atoms with Gasteiger partial charge in [-0.2, -0.15) is 11.1 Å². The Hall–Kier alpha value is -1.40. The van der Waals surface area contributed by atoms with Crippen LogP contribution in [-0.2, 0) is 36.1 Å². The molecule has 0 aromatic rings. The summed E-state index contributed by atoms with van der Waals surface area (Å²) >= 11 is 0. The van der Waals surface area contributed by atoms with Crippen LogP contribution in [0, 0.1) is 29.7 Å². The van der Waals surface area contributed by atoms with Crippen molar-refractivity contribution in [1.29, 1.82) is 0 Å². The number of carboxylic acids is 3. The second kappa shape index (κ2) is 19.6. The van der Waals surface area contributed by atoms with Crippen molar-refractivity contribution in [2.45, 2.75) is 136 Å². The summed E-state index contributed by atoms with van der Waals surface area (Å²) in [6.45, 7) is 4.49. The van der Waals surface area contributed by atoms with Gasteiger partial charge in [0.1, 0.15) is 0 Å². The van der Waals surface area contributed by atoms with E-state index in [1.165, 1.54) is 50.5 Å². The van der Waals surface area contributed by atoms with Crippen molar-refractivity contribution in [2.24, 2.45) is 23.7 Å². The first-order valence-electron chi connectivity index (χ1n) is 15.2. The summed E-state index contributed by atoms with van der Waals surface area (Å²) in [6.07, 6.45) is 24.7. The van der Waals surface area contributed by atoms with Crippen LogP contribution < -0.4 is 0 Å². The molecule has 1 atom stereocenters. The Bertz CT molecular complexity index is 748. The van der Waals surface area contributed by atoms with E-state index in [1.807, 2.05) is 0 Å². The van der Waals surface area contributed by atoms with Crippen molar-refractivity contribution in [3.63, 3.8) is 0 Å². The molecule has 39 heavy (non-hydrogen) atoms. The van der Waals surface area contributed by atoms with Gasteiger partial charge in [0.25, 0.3) is 0 Å². The number of aliphatic carboxylic acids is 3. The van der Waals surface area contributed by atoms with Gasteiger partial charge in [0.15, 0.2) is 0 Å². The maximum atomic E-state index is 10.4. The van der Waals surface area contributed by atoms with Gasteiger partial charge in [-0.05, 0) is 44.9 Å². The molecular weight excluding hydrogens is 528 g/mol. The van der Waals surface area contributed by atoms with Crippen LogP contribution >= 0.6 is 0 Å². The largest absolute Gasteiger partial charge is 0.481 e. The molecule has 0 aromatic heterocycles. The zero-order valence-corrected chi connectivity index (χ0v) is 25.9. The summed E-state index contributed by atoms with van der Waals surface area (Å²) in [5.41, 5.74) is 4.77. The van der Waals surface area contributed by atoms with E-state index in [-0.39, 0.29) is 39.5 Å². The van der Waals surface area contributed by atoms with E-state index in [0.29, 0.717) is 5.92 Å². The van der Waals surface area contributed by atoms with E-state index < -0.39 is 17.9 Å². The van der Waals surface area contributed by atoms with Gasteiger partial charge in [-0.15, -0.1) is 0 Å². The monoisotopic (exact) mass is 579 g/mol. The van der Waals surface area contributed by atoms with Crippen LogP contribution in [0.4, 0.5) is 0 Å². The second-order valence-corrected chi connectivity index (χ2v) is 11.7. The molecule has 0 saturated heterocycles. The number of rotatable bonds is 3. The molecule has 5 rings (SSSR count). The van der Waals surface area contributed by atoms with E-state index >= 15 is 0 Å². The molecule has 6 nitrogen and oxygen atoms in total. The fourth-order valence-electron chi connectivity index (χ4n) is 6.38. The Balaban J connectivity index is 0.000000259. The first-order valence-corrected chi connectivity index (χ1v) is 15.2. The minimum absolute atomic E-state index is 0. The van der Waals surface area contributed by atoms with Crippen molar-refractivity contribution < 1.29 is 51.4 Å². The van der Waals surface area contributed by atoms with Crippen molar-refractivity contribution in [3.8, 4) is 0 Å². The van der Waals surface area contributed by atoms with E-state index in [2.05, 4.69) is 19.9 Å². The standard InChI is InChI=1S/C11H15.3C7H12O2.Ti/c1-8-7-9(2)11-6-4-3-5-10(8)11;3*8-7(9)6-4-2-1-3-5-6;/h8H,3-6H2,1-2H3;3*6H,1-5H2,(H,8,9);/q-1;;;;. The van der Waals surface area contributed by atoms with Gasteiger partial charge in [-0.1, -0.05) is 96.8 Å². The summed E-state index contributed by atoms with van der Waals surface area (Å²) < 4.78 is 0. The molecule has 3 saturated carbocycles. The molecular formula is C32H51O6Ti-. The van der Waals surface area contributed by atoms with Crippen LogP contribution in [-0.4, -0.2) is 33.2 Å². The summed E-state index contributed by atoms with van der Waals surface area (Å²) in [5, 5.41) is 25.6. The first kappa shape index (κ1) is 35.6. The Morgan fingerprint density at radius 1 is 0.590 bits per heavy atom. The Morgan fingerprint density at radius 2 is 0.923 bits per heavy atom. The number of allylic oxidation sites excluding steroid dienone is 4. The van der Waals surface area contributed by atoms with Crippen molar-refractivity contribution >= 4 is 17.9 Å². The fourth-order valence-corrected chi connectivity index (χ4v) is 6.38. The molecule has 0 bridgehead atoms. The zero-order valence-electron chi connectivity index (χ0n) is 24.3. The van der Waals surface area contributed by atoms with E-state index in [0.717, 1.165) is 77.0 Å². The quantitative estimate of drug-likeness (QED) is 0.230. The SMILES string of the molecule is CC1=[C-]C(C)C2=C1CCCC2.O=C(O)C1CCCCC1.O=C(O)C1CCCCC1.O=C(O)C1CCCCC1.[Ti]. The van der Waals surface area contributed by atoms with Gasteiger partial charge in [0.05, 0.1) is 17.8 Å². The van der Waals surface area contributed by atoms with Crippen molar-refractivity contribution in [3.05, 3.63) is 22.8 Å². The predicted octanol–water partition coefficient (Wildman–Crippen LogP) is 8.21. The molecule has 1 unspecified atom stereocenters. The van der Waals surface area contributed by atoms with Crippen LogP contribution in [0.15, 0.2) is 16.7 Å². The van der Waals surface area contributed by atoms with Crippen molar-refractivity contribution in [2.75, 3.05) is 0 Å². The molecule has 0 aliphatic heterocycles. The Labute approximate surface area is 251 Å². The molecule has 5 aliphatic rings. The van der Waals surface area contributed by atoms with E-state index in [9.17, 15) is 14.4 Å². The van der Waals surface area contributed by atoms with Crippen LogP contribution in [0.2, 0.25) is 0 Å². The minimum Gasteiger partial charge on any atom is -0.481 e. The van der Waals surface area contributed by atoms with Gasteiger partial charge in [-0.3, -0.25) is 20.5 Å². The first-order chi connectivity index (χ1) is 18.2. The predicted molar refractivity (Wildman–Crippen MR) is 150 cm³/mol. The third-order valence-electron chi connectivity index (χ3n) is 8.78. The summed E-state index contributed by atoms with van der Waals surface area (Å²) in [5.74, 6) is -1.26. The maximum absolute atomic E-state index is 10.4. The Kier molecular flexibility index (Phi) is 17.9. The molecule has 0 heterocycles. The molecule has 7 heteroatoms. The smallest absolute Gasteiger partial charge is 0.306 e. The summed E-state index contributed by atoms with van der Waals surface area (Å²) in [4.78, 5) is 31.1. The fraction of sp³-hybridized carbons (Fsp3) is 0.781. The van der Waals surface area contributed by atoms with Crippen LogP contribution in [0.25, 0.3) is 0 Å². The molecule has 5 aliphatic carbocycles. The van der Waals surface area contributed by atoms with Gasteiger partial charge in [0, 0.05) is 21.7 Å². The van der Waals surface area contributed by atoms with Crippen LogP contribution in [0.5, 0.6) is 0 Å². The normalized spacial score (nSPS) is 23.6. The Morgan fingerprint density at radius 3 is 1.21 bits per heavy atom. The third-order valence-corrected chi connectivity index (χ3v) is 8.78. The van der Waals surface area contributed by atoms with Gasteiger partial charge < -0.3 is 15.3 Å². The molecule has 0 radical (unpaired) electrons. The molecule has 0 spiro atoms. The van der Waals surface area contributed by atoms with Gasteiger partial charge in [-0.25, -0.2) is 5.57 Å². The molecule has 3 fully saturated rings. The second-order valence-electron chi connectivity index (χ2n) is 11.7. The average molecular weight is 580 g/mol.